The van der Waals surface area contributed by atoms with Gasteiger partial charge in [0.1, 0.15) is 0 Å². The number of amides is 1. The third-order valence-electron chi connectivity index (χ3n) is 2.33. The monoisotopic (exact) mass is 289 g/mol. The van der Waals surface area contributed by atoms with Crippen molar-refractivity contribution in [2.45, 2.75) is 13.8 Å². The molecule has 1 aromatic heterocycles. The summed E-state index contributed by atoms with van der Waals surface area (Å²) in [5, 5.41) is 4.91. The molecule has 1 aromatic carbocycles. The van der Waals surface area contributed by atoms with Gasteiger partial charge in [-0.25, -0.2) is 4.98 Å². The summed E-state index contributed by atoms with van der Waals surface area (Å²) in [6.07, 6.45) is 1.71. The number of hydrazine groups is 1. The van der Waals surface area contributed by atoms with E-state index in [1.807, 2.05) is 37.3 Å². The molecule has 1 heterocycles. The fourth-order valence-electron chi connectivity index (χ4n) is 1.36. The zero-order chi connectivity index (χ0) is 14.4. The van der Waals surface area contributed by atoms with Crippen LogP contribution in [0, 0.1) is 0 Å². The van der Waals surface area contributed by atoms with E-state index < -0.39 is 0 Å². The second-order valence-electron chi connectivity index (χ2n) is 4.01. The second-order valence-corrected chi connectivity index (χ2v) is 5.04. The van der Waals surface area contributed by atoms with Crippen LogP contribution < -0.4 is 16.3 Å². The zero-order valence-electron chi connectivity index (χ0n) is 11.2. The van der Waals surface area contributed by atoms with Gasteiger partial charge in [0.2, 0.25) is 11.0 Å². The number of hydrogen-bond acceptors (Lipinski definition) is 6. The first kappa shape index (κ1) is 14.0. The quantitative estimate of drug-likeness (QED) is 0.583. The number of hydrazone groups is 1. The van der Waals surface area contributed by atoms with Gasteiger partial charge in [0, 0.05) is 13.1 Å². The Kier molecular flexibility index (Phi) is 4.67. The molecule has 3 N–H and O–H groups in total. The average molecular weight is 289 g/mol. The molecular formula is C13H15N5OS. The Hall–Kier alpha value is -2.41. The first-order chi connectivity index (χ1) is 9.65. The van der Waals surface area contributed by atoms with E-state index in [2.05, 4.69) is 26.4 Å². The smallest absolute Gasteiger partial charge is 0.235 e. The van der Waals surface area contributed by atoms with Gasteiger partial charge in [-0.05, 0) is 19.1 Å². The van der Waals surface area contributed by atoms with Crippen molar-refractivity contribution in [3.63, 3.8) is 0 Å². The lowest BCUT2D eigenvalue weighted by Crippen LogP contribution is -2.26. The van der Waals surface area contributed by atoms with E-state index in [0.29, 0.717) is 5.13 Å². The molecule has 0 radical (unpaired) electrons. The third-order valence-corrected chi connectivity index (χ3v) is 3.36. The minimum atomic E-state index is -0.169. The molecule has 7 heteroatoms. The van der Waals surface area contributed by atoms with E-state index >= 15 is 0 Å². The van der Waals surface area contributed by atoms with Crippen LogP contribution >= 0.6 is 11.3 Å². The Bertz CT molecular complexity index is 608. The van der Waals surface area contributed by atoms with E-state index in [1.165, 1.54) is 18.3 Å². The van der Waals surface area contributed by atoms with Gasteiger partial charge < -0.3 is 0 Å². The molecule has 2 rings (SSSR count). The lowest BCUT2D eigenvalue weighted by Gasteiger charge is -2.01. The summed E-state index contributed by atoms with van der Waals surface area (Å²) in [5.41, 5.74) is 9.93. The maximum atomic E-state index is 10.8. The van der Waals surface area contributed by atoms with Crippen LogP contribution in [0.2, 0.25) is 0 Å². The molecule has 2 aromatic rings. The maximum absolute atomic E-state index is 10.8. The van der Waals surface area contributed by atoms with Crippen LogP contribution in [-0.2, 0) is 4.79 Å². The second kappa shape index (κ2) is 6.67. The Morgan fingerprint density at radius 1 is 1.25 bits per heavy atom. The first-order valence-electron chi connectivity index (χ1n) is 5.99. The highest BCUT2D eigenvalue weighted by molar-refractivity contribution is 7.17. The Labute approximate surface area is 120 Å². The van der Waals surface area contributed by atoms with Crippen molar-refractivity contribution in [3.05, 3.63) is 41.4 Å². The molecule has 0 fully saturated rings. The maximum Gasteiger partial charge on any atom is 0.235 e. The summed E-state index contributed by atoms with van der Waals surface area (Å²) in [6, 6.07) is 9.70. The van der Waals surface area contributed by atoms with E-state index in [0.717, 1.165) is 16.3 Å². The first-order valence-corrected chi connectivity index (χ1v) is 6.81. The topological polar surface area (TPSA) is 78.4 Å². The Balaban J connectivity index is 1.98. The van der Waals surface area contributed by atoms with E-state index in [4.69, 9.17) is 0 Å². The van der Waals surface area contributed by atoms with Crippen molar-refractivity contribution in [1.29, 1.82) is 0 Å². The minimum absolute atomic E-state index is 0.169. The number of carbonyl (C=O) groups excluding carboxylic acids is 1. The van der Waals surface area contributed by atoms with E-state index in [-0.39, 0.29) is 5.91 Å². The van der Waals surface area contributed by atoms with Crippen molar-refractivity contribution in [2.24, 2.45) is 5.10 Å². The summed E-state index contributed by atoms with van der Waals surface area (Å²) in [5.74, 6) is -0.169. The summed E-state index contributed by atoms with van der Waals surface area (Å²) < 4.78 is 0. The summed E-state index contributed by atoms with van der Waals surface area (Å²) >= 11 is 1.41. The molecule has 6 nitrogen and oxygen atoms in total. The Morgan fingerprint density at radius 3 is 2.70 bits per heavy atom. The van der Waals surface area contributed by atoms with Crippen LogP contribution in [0.1, 0.15) is 18.7 Å². The van der Waals surface area contributed by atoms with Gasteiger partial charge in [0.05, 0.1) is 16.3 Å². The molecule has 0 aliphatic carbocycles. The molecule has 20 heavy (non-hydrogen) atoms. The van der Waals surface area contributed by atoms with Crippen molar-refractivity contribution < 1.29 is 4.79 Å². The molecule has 0 bridgehead atoms. The van der Waals surface area contributed by atoms with Gasteiger partial charge in [0.15, 0.2) is 0 Å². The molecule has 104 valence electrons. The van der Waals surface area contributed by atoms with Gasteiger partial charge in [-0.1, -0.05) is 29.5 Å². The standard InChI is InChI=1S/C13H15N5OS/c1-9(15-17-11-6-4-3-5-7-11)12-8-14-13(20-12)18-16-10(2)19/h3-8,17H,1-2H3,(H,14,18)(H,16,19)/b15-9-. The number of benzene rings is 1. The summed E-state index contributed by atoms with van der Waals surface area (Å²) in [7, 11) is 0. The number of para-hydroxylation sites is 1. The molecule has 1 amide bonds. The normalized spacial score (nSPS) is 11.0. The van der Waals surface area contributed by atoms with Crippen molar-refractivity contribution in [1.82, 2.24) is 10.4 Å². The van der Waals surface area contributed by atoms with Gasteiger partial charge in [-0.2, -0.15) is 5.10 Å². The van der Waals surface area contributed by atoms with Crippen molar-refractivity contribution in [3.8, 4) is 0 Å². The number of carbonyl (C=O) groups is 1. The summed E-state index contributed by atoms with van der Waals surface area (Å²) in [6.45, 7) is 3.32. The number of anilines is 2. The number of nitrogens with zero attached hydrogens (tertiary/aromatic N) is 2. The number of rotatable bonds is 5. The molecule has 0 spiro atoms. The molecule has 0 saturated heterocycles. The van der Waals surface area contributed by atoms with Crippen LogP contribution in [-0.4, -0.2) is 16.6 Å². The fourth-order valence-corrected chi connectivity index (χ4v) is 2.07. The fraction of sp³-hybridized carbons (Fsp3) is 0.154. The highest BCUT2D eigenvalue weighted by Crippen LogP contribution is 2.18. The number of hydrogen-bond donors (Lipinski definition) is 3. The van der Waals surface area contributed by atoms with Gasteiger partial charge in [-0.3, -0.25) is 21.1 Å². The minimum Gasteiger partial charge on any atom is -0.278 e. The summed E-state index contributed by atoms with van der Waals surface area (Å²) in [4.78, 5) is 15.9. The lowest BCUT2D eigenvalue weighted by atomic mass is 10.3. The van der Waals surface area contributed by atoms with Crippen LogP contribution in [0.25, 0.3) is 0 Å². The molecule has 0 unspecified atom stereocenters. The van der Waals surface area contributed by atoms with Crippen LogP contribution in [0.15, 0.2) is 41.6 Å². The molecule has 0 aliphatic heterocycles. The molecule has 0 atom stereocenters. The van der Waals surface area contributed by atoms with Gasteiger partial charge >= 0.3 is 0 Å². The highest BCUT2D eigenvalue weighted by atomic mass is 32.1. The predicted octanol–water partition coefficient (Wildman–Crippen LogP) is 2.44. The number of nitrogens with one attached hydrogen (secondary N) is 3. The Morgan fingerprint density at radius 2 is 2.00 bits per heavy atom. The number of thiazole rings is 1. The molecule has 0 aliphatic rings. The SMILES string of the molecule is CC(=O)NNc1ncc(/C(C)=N\Nc2ccccc2)s1. The van der Waals surface area contributed by atoms with E-state index in [1.54, 1.807) is 6.20 Å². The van der Waals surface area contributed by atoms with E-state index in [9.17, 15) is 4.79 Å². The largest absolute Gasteiger partial charge is 0.278 e. The highest BCUT2D eigenvalue weighted by Gasteiger charge is 2.05. The number of aromatic nitrogens is 1. The van der Waals surface area contributed by atoms with Gasteiger partial charge in [0.25, 0.3) is 0 Å². The van der Waals surface area contributed by atoms with Crippen LogP contribution in [0.4, 0.5) is 10.8 Å². The van der Waals surface area contributed by atoms with Crippen molar-refractivity contribution >= 4 is 33.8 Å². The average Bonchev–Trinajstić information content (AvgIpc) is 2.92. The molecular weight excluding hydrogens is 274 g/mol. The van der Waals surface area contributed by atoms with Crippen LogP contribution in [0.5, 0.6) is 0 Å². The van der Waals surface area contributed by atoms with Crippen molar-refractivity contribution in [2.75, 3.05) is 10.9 Å². The predicted molar refractivity (Wildman–Crippen MR) is 81.8 cm³/mol. The zero-order valence-corrected chi connectivity index (χ0v) is 12.0. The third kappa shape index (κ3) is 4.06. The molecule has 0 saturated carbocycles. The van der Waals surface area contributed by atoms with Gasteiger partial charge in [-0.15, -0.1) is 0 Å². The lowest BCUT2D eigenvalue weighted by molar-refractivity contribution is -0.118. The van der Waals surface area contributed by atoms with Crippen LogP contribution in [0.3, 0.4) is 0 Å².